The van der Waals surface area contributed by atoms with Crippen LogP contribution < -0.4 is 5.32 Å². The van der Waals surface area contributed by atoms with Gasteiger partial charge in [0.1, 0.15) is 0 Å². The zero-order chi connectivity index (χ0) is 11.9. The van der Waals surface area contributed by atoms with E-state index in [1.165, 1.54) is 24.2 Å². The lowest BCUT2D eigenvalue weighted by Gasteiger charge is -2.26. The number of ether oxygens (including phenoxy) is 1. The van der Waals surface area contributed by atoms with Crippen molar-refractivity contribution in [2.45, 2.75) is 13.3 Å². The second kappa shape index (κ2) is 6.62. The number of nitrogens with one attached hydrogen (secondary N) is 1. The Morgan fingerprint density at radius 2 is 2.00 bits per heavy atom. The van der Waals surface area contributed by atoms with E-state index in [2.05, 4.69) is 41.4 Å². The van der Waals surface area contributed by atoms with E-state index < -0.39 is 0 Å². The van der Waals surface area contributed by atoms with Gasteiger partial charge in [0.2, 0.25) is 0 Å². The van der Waals surface area contributed by atoms with Gasteiger partial charge in [0, 0.05) is 25.3 Å². The van der Waals surface area contributed by atoms with Crippen LogP contribution in [0.5, 0.6) is 0 Å². The molecule has 0 unspecified atom stereocenters. The van der Waals surface area contributed by atoms with E-state index in [0.29, 0.717) is 0 Å². The zero-order valence-corrected chi connectivity index (χ0v) is 10.6. The van der Waals surface area contributed by atoms with Crippen molar-refractivity contribution in [3.05, 3.63) is 29.8 Å². The highest BCUT2D eigenvalue weighted by Gasteiger charge is 2.08. The number of anilines is 1. The second-order valence-corrected chi connectivity index (χ2v) is 4.55. The standard InChI is InChI=1S/C14H22N2O/c1-13-5-2-3-6-14(13)15-7-4-8-16-9-11-17-12-10-16/h2-3,5-6,15H,4,7-12H2,1H3. The van der Waals surface area contributed by atoms with Gasteiger partial charge < -0.3 is 10.1 Å². The Labute approximate surface area is 104 Å². The topological polar surface area (TPSA) is 24.5 Å². The zero-order valence-electron chi connectivity index (χ0n) is 10.6. The molecule has 0 spiro atoms. The van der Waals surface area contributed by atoms with Crippen molar-refractivity contribution in [2.24, 2.45) is 0 Å². The quantitative estimate of drug-likeness (QED) is 0.790. The summed E-state index contributed by atoms with van der Waals surface area (Å²) in [6.07, 6.45) is 1.19. The van der Waals surface area contributed by atoms with Crippen LogP contribution in [0.25, 0.3) is 0 Å². The molecule has 1 N–H and O–H groups in total. The fourth-order valence-electron chi connectivity index (χ4n) is 2.12. The fraction of sp³-hybridized carbons (Fsp3) is 0.571. The van der Waals surface area contributed by atoms with Crippen LogP contribution in [-0.2, 0) is 4.74 Å². The first-order valence-electron chi connectivity index (χ1n) is 6.46. The first-order chi connectivity index (χ1) is 8.36. The minimum absolute atomic E-state index is 0.894. The smallest absolute Gasteiger partial charge is 0.0594 e. The van der Waals surface area contributed by atoms with Crippen molar-refractivity contribution in [3.8, 4) is 0 Å². The Kier molecular flexibility index (Phi) is 4.83. The third kappa shape index (κ3) is 4.02. The number of hydrogen-bond donors (Lipinski definition) is 1. The number of benzene rings is 1. The van der Waals surface area contributed by atoms with Gasteiger partial charge in [-0.3, -0.25) is 4.90 Å². The van der Waals surface area contributed by atoms with Gasteiger partial charge >= 0.3 is 0 Å². The summed E-state index contributed by atoms with van der Waals surface area (Å²) in [5.41, 5.74) is 2.58. The Hall–Kier alpha value is -1.06. The first kappa shape index (κ1) is 12.4. The molecule has 1 aromatic carbocycles. The predicted molar refractivity (Wildman–Crippen MR) is 71.5 cm³/mol. The highest BCUT2D eigenvalue weighted by molar-refractivity contribution is 5.50. The molecule has 1 aliphatic heterocycles. The van der Waals surface area contributed by atoms with Crippen LogP contribution >= 0.6 is 0 Å². The van der Waals surface area contributed by atoms with Gasteiger partial charge in [-0.2, -0.15) is 0 Å². The molecule has 17 heavy (non-hydrogen) atoms. The van der Waals surface area contributed by atoms with Gasteiger partial charge in [0.05, 0.1) is 13.2 Å². The minimum Gasteiger partial charge on any atom is -0.385 e. The average molecular weight is 234 g/mol. The molecule has 0 aliphatic carbocycles. The summed E-state index contributed by atoms with van der Waals surface area (Å²) >= 11 is 0. The Balaban J connectivity index is 1.64. The lowest BCUT2D eigenvalue weighted by molar-refractivity contribution is 0.0378. The molecule has 1 fully saturated rings. The van der Waals surface area contributed by atoms with E-state index in [-0.39, 0.29) is 0 Å². The Morgan fingerprint density at radius 3 is 2.76 bits per heavy atom. The van der Waals surface area contributed by atoms with Crippen LogP contribution in [0.3, 0.4) is 0 Å². The molecule has 0 saturated carbocycles. The summed E-state index contributed by atoms with van der Waals surface area (Å²) in [6, 6.07) is 8.44. The normalized spacial score (nSPS) is 17.0. The largest absolute Gasteiger partial charge is 0.385 e. The summed E-state index contributed by atoms with van der Waals surface area (Å²) in [7, 11) is 0. The van der Waals surface area contributed by atoms with Crippen molar-refractivity contribution < 1.29 is 4.74 Å². The van der Waals surface area contributed by atoms with Crippen LogP contribution in [0.4, 0.5) is 5.69 Å². The number of hydrogen-bond acceptors (Lipinski definition) is 3. The summed E-state index contributed by atoms with van der Waals surface area (Å²) in [6.45, 7) is 8.32. The molecule has 1 aromatic rings. The van der Waals surface area contributed by atoms with Crippen LogP contribution in [-0.4, -0.2) is 44.3 Å². The van der Waals surface area contributed by atoms with E-state index in [1.807, 2.05) is 0 Å². The maximum atomic E-state index is 5.33. The van der Waals surface area contributed by atoms with Crippen LogP contribution in [0.15, 0.2) is 24.3 Å². The molecule has 1 saturated heterocycles. The van der Waals surface area contributed by atoms with Crippen molar-refractivity contribution in [2.75, 3.05) is 44.7 Å². The van der Waals surface area contributed by atoms with Gasteiger partial charge in [0.25, 0.3) is 0 Å². The molecule has 1 aliphatic rings. The predicted octanol–water partition coefficient (Wildman–Crippen LogP) is 2.13. The van der Waals surface area contributed by atoms with Crippen molar-refractivity contribution in [1.82, 2.24) is 4.90 Å². The van der Waals surface area contributed by atoms with Crippen LogP contribution in [0.2, 0.25) is 0 Å². The molecule has 3 nitrogen and oxygen atoms in total. The summed E-state index contributed by atoms with van der Waals surface area (Å²) in [5, 5.41) is 3.49. The molecule has 1 heterocycles. The Bertz CT molecular complexity index is 335. The van der Waals surface area contributed by atoms with Crippen molar-refractivity contribution >= 4 is 5.69 Å². The second-order valence-electron chi connectivity index (χ2n) is 4.55. The third-order valence-electron chi connectivity index (χ3n) is 3.22. The van der Waals surface area contributed by atoms with E-state index >= 15 is 0 Å². The highest BCUT2D eigenvalue weighted by Crippen LogP contribution is 2.12. The van der Waals surface area contributed by atoms with E-state index in [9.17, 15) is 0 Å². The SMILES string of the molecule is Cc1ccccc1NCCCN1CCOCC1. The van der Waals surface area contributed by atoms with Gasteiger partial charge in [-0.1, -0.05) is 18.2 Å². The molecular weight excluding hydrogens is 212 g/mol. The molecule has 0 aromatic heterocycles. The van der Waals surface area contributed by atoms with Crippen LogP contribution in [0.1, 0.15) is 12.0 Å². The molecule has 94 valence electrons. The fourth-order valence-corrected chi connectivity index (χ4v) is 2.12. The van der Waals surface area contributed by atoms with Gasteiger partial charge in [-0.15, -0.1) is 0 Å². The summed E-state index contributed by atoms with van der Waals surface area (Å²) < 4.78 is 5.33. The van der Waals surface area contributed by atoms with E-state index in [1.54, 1.807) is 0 Å². The van der Waals surface area contributed by atoms with Crippen molar-refractivity contribution in [3.63, 3.8) is 0 Å². The van der Waals surface area contributed by atoms with Gasteiger partial charge in [-0.25, -0.2) is 0 Å². The van der Waals surface area contributed by atoms with Gasteiger partial charge in [-0.05, 0) is 31.5 Å². The number of para-hydroxylation sites is 1. The molecule has 0 radical (unpaired) electrons. The summed E-state index contributed by atoms with van der Waals surface area (Å²) in [4.78, 5) is 2.48. The number of rotatable bonds is 5. The number of morpholine rings is 1. The lowest BCUT2D eigenvalue weighted by Crippen LogP contribution is -2.37. The van der Waals surface area contributed by atoms with E-state index in [0.717, 1.165) is 32.8 Å². The maximum absolute atomic E-state index is 5.33. The third-order valence-corrected chi connectivity index (χ3v) is 3.22. The summed E-state index contributed by atoms with van der Waals surface area (Å²) in [5.74, 6) is 0. The van der Waals surface area contributed by atoms with Crippen molar-refractivity contribution in [1.29, 1.82) is 0 Å². The Morgan fingerprint density at radius 1 is 1.24 bits per heavy atom. The monoisotopic (exact) mass is 234 g/mol. The molecule has 0 amide bonds. The number of nitrogens with zero attached hydrogens (tertiary/aromatic N) is 1. The average Bonchev–Trinajstić information content (AvgIpc) is 2.38. The minimum atomic E-state index is 0.894. The molecule has 0 atom stereocenters. The molecular formula is C14H22N2O. The molecule has 0 bridgehead atoms. The molecule has 2 rings (SSSR count). The maximum Gasteiger partial charge on any atom is 0.0594 e. The van der Waals surface area contributed by atoms with E-state index in [4.69, 9.17) is 4.74 Å². The van der Waals surface area contributed by atoms with Gasteiger partial charge in [0.15, 0.2) is 0 Å². The lowest BCUT2D eigenvalue weighted by atomic mass is 10.2. The first-order valence-corrected chi connectivity index (χ1v) is 6.46. The molecule has 3 heteroatoms. The van der Waals surface area contributed by atoms with Crippen LogP contribution in [0, 0.1) is 6.92 Å². The highest BCUT2D eigenvalue weighted by atomic mass is 16.5. The number of aryl methyl sites for hydroxylation is 1.